The van der Waals surface area contributed by atoms with Gasteiger partial charge in [-0.05, 0) is 18.1 Å². The van der Waals surface area contributed by atoms with Crippen LogP contribution in [0.2, 0.25) is 0 Å². The molecule has 2 atom stereocenters. The fraction of sp³-hybridized carbons (Fsp3) is 0.462. The molecular weight excluding hydrogens is 226 g/mol. The van der Waals surface area contributed by atoms with Crippen molar-refractivity contribution >= 4 is 0 Å². The van der Waals surface area contributed by atoms with E-state index in [9.17, 15) is 0 Å². The largest absolute Gasteiger partial charge is 0.326 e. The standard InChI is InChI=1S/C13H17N5/c1-2-12(16)13(11-4-3-7-17-10-11)18(8-5-14)9-6-15/h3-4,7,10,12-13H,2,8-9,16H2,1H3. The summed E-state index contributed by atoms with van der Waals surface area (Å²) in [5.41, 5.74) is 7.06. The highest BCUT2D eigenvalue weighted by atomic mass is 15.2. The van der Waals surface area contributed by atoms with Crippen LogP contribution >= 0.6 is 0 Å². The molecule has 2 unspecified atom stereocenters. The van der Waals surface area contributed by atoms with Gasteiger partial charge in [0.15, 0.2) is 0 Å². The van der Waals surface area contributed by atoms with E-state index in [4.69, 9.17) is 16.3 Å². The number of rotatable bonds is 6. The second kappa shape index (κ2) is 7.39. The highest BCUT2D eigenvalue weighted by molar-refractivity contribution is 5.17. The molecule has 0 spiro atoms. The SMILES string of the molecule is CCC(N)C(c1cccnc1)N(CC#N)CC#N. The van der Waals surface area contributed by atoms with Gasteiger partial charge < -0.3 is 5.73 Å². The maximum atomic E-state index is 8.86. The molecule has 0 bridgehead atoms. The number of nitrogens with two attached hydrogens (primary N) is 1. The van der Waals surface area contributed by atoms with Crippen LogP contribution in [0.25, 0.3) is 0 Å². The van der Waals surface area contributed by atoms with Crippen LogP contribution < -0.4 is 5.73 Å². The van der Waals surface area contributed by atoms with E-state index < -0.39 is 0 Å². The first kappa shape index (κ1) is 14.1. The van der Waals surface area contributed by atoms with Crippen molar-refractivity contribution in [2.45, 2.75) is 25.4 Å². The lowest BCUT2D eigenvalue weighted by Gasteiger charge is -2.32. The molecule has 0 amide bonds. The minimum atomic E-state index is -0.150. The molecule has 0 fully saturated rings. The first-order valence-corrected chi connectivity index (χ1v) is 5.88. The van der Waals surface area contributed by atoms with Crippen LogP contribution in [-0.4, -0.2) is 29.0 Å². The van der Waals surface area contributed by atoms with Gasteiger partial charge in [-0.3, -0.25) is 9.88 Å². The fourth-order valence-corrected chi connectivity index (χ4v) is 1.94. The van der Waals surface area contributed by atoms with Gasteiger partial charge in [-0.25, -0.2) is 0 Å². The molecule has 0 radical (unpaired) electrons. The quantitative estimate of drug-likeness (QED) is 0.758. The summed E-state index contributed by atoms with van der Waals surface area (Å²) in [6, 6.07) is 7.64. The topological polar surface area (TPSA) is 89.7 Å². The minimum absolute atomic E-state index is 0.129. The summed E-state index contributed by atoms with van der Waals surface area (Å²) in [7, 11) is 0. The van der Waals surface area contributed by atoms with Gasteiger partial charge in [0.2, 0.25) is 0 Å². The average Bonchev–Trinajstić information content (AvgIpc) is 2.40. The lowest BCUT2D eigenvalue weighted by Crippen LogP contribution is -2.41. The molecule has 5 heteroatoms. The van der Waals surface area contributed by atoms with Crippen molar-refractivity contribution in [1.82, 2.24) is 9.88 Å². The van der Waals surface area contributed by atoms with Gasteiger partial charge in [-0.1, -0.05) is 13.0 Å². The summed E-state index contributed by atoms with van der Waals surface area (Å²) in [4.78, 5) is 5.86. The molecule has 0 aromatic carbocycles. The Morgan fingerprint density at radius 3 is 2.50 bits per heavy atom. The van der Waals surface area contributed by atoms with E-state index in [1.54, 1.807) is 17.3 Å². The van der Waals surface area contributed by atoms with Crippen molar-refractivity contribution in [2.24, 2.45) is 5.73 Å². The van der Waals surface area contributed by atoms with E-state index in [1.165, 1.54) is 0 Å². The van der Waals surface area contributed by atoms with Gasteiger partial charge >= 0.3 is 0 Å². The van der Waals surface area contributed by atoms with Crippen LogP contribution in [0, 0.1) is 22.7 Å². The Morgan fingerprint density at radius 2 is 2.06 bits per heavy atom. The summed E-state index contributed by atoms with van der Waals surface area (Å²) >= 11 is 0. The van der Waals surface area contributed by atoms with Gasteiger partial charge in [0.25, 0.3) is 0 Å². The number of aromatic nitrogens is 1. The summed E-state index contributed by atoms with van der Waals surface area (Å²) < 4.78 is 0. The second-order valence-corrected chi connectivity index (χ2v) is 4.02. The number of nitrogens with zero attached hydrogens (tertiary/aromatic N) is 4. The molecule has 0 aliphatic carbocycles. The van der Waals surface area contributed by atoms with Crippen molar-refractivity contribution < 1.29 is 0 Å². The Kier molecular flexibility index (Phi) is 5.79. The minimum Gasteiger partial charge on any atom is -0.326 e. The van der Waals surface area contributed by atoms with Crippen molar-refractivity contribution in [3.63, 3.8) is 0 Å². The highest BCUT2D eigenvalue weighted by Gasteiger charge is 2.25. The summed E-state index contributed by atoms with van der Waals surface area (Å²) in [5, 5.41) is 17.7. The molecule has 18 heavy (non-hydrogen) atoms. The Hall–Kier alpha value is -1.95. The third-order valence-electron chi connectivity index (χ3n) is 2.84. The second-order valence-electron chi connectivity index (χ2n) is 4.02. The van der Waals surface area contributed by atoms with E-state index in [-0.39, 0.29) is 25.2 Å². The number of hydrogen-bond acceptors (Lipinski definition) is 5. The molecule has 5 nitrogen and oxygen atoms in total. The van der Waals surface area contributed by atoms with E-state index in [0.717, 1.165) is 12.0 Å². The third kappa shape index (κ3) is 3.53. The third-order valence-corrected chi connectivity index (χ3v) is 2.84. The predicted molar refractivity (Wildman–Crippen MR) is 68.0 cm³/mol. The van der Waals surface area contributed by atoms with Gasteiger partial charge in [-0.15, -0.1) is 0 Å². The predicted octanol–water partition coefficient (Wildman–Crippen LogP) is 1.21. The molecule has 1 heterocycles. The number of hydrogen-bond donors (Lipinski definition) is 1. The number of nitriles is 2. The molecule has 0 aliphatic heterocycles. The average molecular weight is 243 g/mol. The van der Waals surface area contributed by atoms with Gasteiger partial charge in [0.05, 0.1) is 31.3 Å². The van der Waals surface area contributed by atoms with E-state index >= 15 is 0 Å². The monoisotopic (exact) mass is 243 g/mol. The van der Waals surface area contributed by atoms with Crippen LogP contribution in [0.1, 0.15) is 24.9 Å². The van der Waals surface area contributed by atoms with Gasteiger partial charge in [0, 0.05) is 18.4 Å². The maximum Gasteiger partial charge on any atom is 0.0879 e. The Morgan fingerprint density at radius 1 is 1.39 bits per heavy atom. The van der Waals surface area contributed by atoms with Crippen LogP contribution in [0.15, 0.2) is 24.5 Å². The first-order chi connectivity index (χ1) is 8.74. The molecule has 0 aliphatic rings. The van der Waals surface area contributed by atoms with Crippen molar-refractivity contribution in [3.05, 3.63) is 30.1 Å². The van der Waals surface area contributed by atoms with Crippen LogP contribution in [0.3, 0.4) is 0 Å². The Balaban J connectivity index is 3.04. The molecule has 94 valence electrons. The van der Waals surface area contributed by atoms with Gasteiger partial charge in [0.1, 0.15) is 0 Å². The highest BCUT2D eigenvalue weighted by Crippen LogP contribution is 2.23. The molecular formula is C13H17N5. The fourth-order valence-electron chi connectivity index (χ4n) is 1.94. The lowest BCUT2D eigenvalue weighted by molar-refractivity contribution is 0.211. The number of pyridine rings is 1. The van der Waals surface area contributed by atoms with E-state index in [0.29, 0.717) is 0 Å². The zero-order chi connectivity index (χ0) is 13.4. The van der Waals surface area contributed by atoms with E-state index in [1.807, 2.05) is 19.1 Å². The van der Waals surface area contributed by atoms with Crippen molar-refractivity contribution in [1.29, 1.82) is 10.5 Å². The zero-order valence-electron chi connectivity index (χ0n) is 10.5. The smallest absolute Gasteiger partial charge is 0.0879 e. The summed E-state index contributed by atoms with van der Waals surface area (Å²) in [6.07, 6.45) is 4.20. The Bertz CT molecular complexity index is 415. The first-order valence-electron chi connectivity index (χ1n) is 5.88. The molecule has 1 rings (SSSR count). The van der Waals surface area contributed by atoms with Crippen molar-refractivity contribution in [2.75, 3.05) is 13.1 Å². The summed E-state index contributed by atoms with van der Waals surface area (Å²) in [6.45, 7) is 2.35. The Labute approximate surface area is 107 Å². The van der Waals surface area contributed by atoms with Crippen LogP contribution in [-0.2, 0) is 0 Å². The molecule has 0 saturated heterocycles. The summed E-state index contributed by atoms with van der Waals surface area (Å²) in [5.74, 6) is 0. The zero-order valence-corrected chi connectivity index (χ0v) is 10.5. The van der Waals surface area contributed by atoms with Crippen LogP contribution in [0.4, 0.5) is 0 Å². The molecule has 1 aromatic rings. The molecule has 1 aromatic heterocycles. The lowest BCUT2D eigenvalue weighted by atomic mass is 9.97. The molecule has 2 N–H and O–H groups in total. The molecule has 0 saturated carbocycles. The van der Waals surface area contributed by atoms with Crippen molar-refractivity contribution in [3.8, 4) is 12.1 Å². The van der Waals surface area contributed by atoms with Gasteiger partial charge in [-0.2, -0.15) is 10.5 Å². The maximum absolute atomic E-state index is 8.86. The van der Waals surface area contributed by atoms with Crippen LogP contribution in [0.5, 0.6) is 0 Å². The normalized spacial score (nSPS) is 13.6. The van der Waals surface area contributed by atoms with E-state index in [2.05, 4.69) is 17.1 Å².